The van der Waals surface area contributed by atoms with Gasteiger partial charge in [-0.2, -0.15) is 5.26 Å². The maximum atomic E-state index is 9.56. The van der Waals surface area contributed by atoms with Crippen molar-refractivity contribution in [1.29, 1.82) is 5.26 Å². The van der Waals surface area contributed by atoms with Gasteiger partial charge in [0.25, 0.3) is 0 Å². The van der Waals surface area contributed by atoms with E-state index in [9.17, 15) is 5.26 Å². The minimum Gasteiger partial charge on any atom is -0.382 e. The van der Waals surface area contributed by atoms with Crippen molar-refractivity contribution in [3.63, 3.8) is 0 Å². The molecule has 0 bridgehead atoms. The van der Waals surface area contributed by atoms with Gasteiger partial charge < -0.3 is 16.4 Å². The molecule has 0 spiro atoms. The first kappa shape index (κ1) is 16.2. The molecule has 4 heteroatoms. The summed E-state index contributed by atoms with van der Waals surface area (Å²) in [6.45, 7) is 0. The number of hydrogen-bond donors (Lipinski definition) is 3. The number of rotatable bonds is 4. The Balaban J connectivity index is 1.67. The van der Waals surface area contributed by atoms with Crippen LogP contribution in [0.4, 0.5) is 11.4 Å². The Kier molecular flexibility index (Phi) is 4.50. The SMILES string of the molecule is N#Cc1ccc2ccc(N[C@H]3CC[C@H](N)C3)cc2c1NC1CCCC1. The molecule has 2 saturated carbocycles. The highest BCUT2D eigenvalue weighted by molar-refractivity contribution is 5.98. The molecule has 4 N–H and O–H groups in total. The lowest BCUT2D eigenvalue weighted by Gasteiger charge is -2.19. The fourth-order valence-corrected chi connectivity index (χ4v) is 4.32. The molecule has 0 saturated heterocycles. The lowest BCUT2D eigenvalue weighted by Crippen LogP contribution is -2.20. The third-order valence-electron chi connectivity index (χ3n) is 5.69. The van der Waals surface area contributed by atoms with E-state index >= 15 is 0 Å². The summed E-state index contributed by atoms with van der Waals surface area (Å²) in [6, 6.07) is 14.1. The largest absolute Gasteiger partial charge is 0.382 e. The van der Waals surface area contributed by atoms with Crippen molar-refractivity contribution in [2.75, 3.05) is 10.6 Å². The second-order valence-electron chi connectivity index (χ2n) is 7.58. The Labute approximate surface area is 149 Å². The Hall–Kier alpha value is -2.25. The van der Waals surface area contributed by atoms with Gasteiger partial charge in [-0.05, 0) is 55.7 Å². The summed E-state index contributed by atoms with van der Waals surface area (Å²) in [4.78, 5) is 0. The zero-order valence-corrected chi connectivity index (χ0v) is 14.6. The molecule has 2 aliphatic rings. The molecule has 0 aliphatic heterocycles. The van der Waals surface area contributed by atoms with Gasteiger partial charge in [-0.15, -0.1) is 0 Å². The minimum absolute atomic E-state index is 0.322. The van der Waals surface area contributed by atoms with E-state index in [4.69, 9.17) is 5.73 Å². The average molecular weight is 334 g/mol. The lowest BCUT2D eigenvalue weighted by molar-refractivity contribution is 0.688. The van der Waals surface area contributed by atoms with Crippen LogP contribution in [-0.2, 0) is 0 Å². The molecular formula is C21H26N4. The van der Waals surface area contributed by atoms with Crippen molar-refractivity contribution in [3.05, 3.63) is 35.9 Å². The van der Waals surface area contributed by atoms with Crippen molar-refractivity contribution < 1.29 is 0 Å². The molecule has 2 aromatic carbocycles. The van der Waals surface area contributed by atoms with E-state index in [1.807, 2.05) is 12.1 Å². The summed E-state index contributed by atoms with van der Waals surface area (Å²) in [5, 5.41) is 19.2. The molecule has 4 rings (SSSR count). The fraction of sp³-hybridized carbons (Fsp3) is 0.476. The maximum Gasteiger partial charge on any atom is 0.101 e. The first-order chi connectivity index (χ1) is 12.2. The van der Waals surface area contributed by atoms with Crippen LogP contribution < -0.4 is 16.4 Å². The van der Waals surface area contributed by atoms with Crippen molar-refractivity contribution in [1.82, 2.24) is 0 Å². The van der Waals surface area contributed by atoms with Crippen molar-refractivity contribution in [2.45, 2.75) is 63.1 Å². The Morgan fingerprint density at radius 2 is 1.76 bits per heavy atom. The third kappa shape index (κ3) is 3.43. The van der Waals surface area contributed by atoms with Gasteiger partial charge in [-0.25, -0.2) is 0 Å². The third-order valence-corrected chi connectivity index (χ3v) is 5.69. The van der Waals surface area contributed by atoms with Crippen LogP contribution in [0.5, 0.6) is 0 Å². The number of nitrogens with zero attached hydrogens (tertiary/aromatic N) is 1. The minimum atomic E-state index is 0.322. The molecular weight excluding hydrogens is 308 g/mol. The van der Waals surface area contributed by atoms with Gasteiger partial charge in [0.2, 0.25) is 0 Å². The second-order valence-corrected chi connectivity index (χ2v) is 7.58. The normalized spacial score (nSPS) is 23.7. The zero-order chi connectivity index (χ0) is 17.2. The summed E-state index contributed by atoms with van der Waals surface area (Å²) < 4.78 is 0. The summed E-state index contributed by atoms with van der Waals surface area (Å²) in [5.41, 5.74) is 8.89. The van der Waals surface area contributed by atoms with Crippen molar-refractivity contribution in [2.24, 2.45) is 5.73 Å². The van der Waals surface area contributed by atoms with Crippen LogP contribution in [0.3, 0.4) is 0 Å². The molecule has 0 radical (unpaired) electrons. The second kappa shape index (κ2) is 6.93. The number of nitriles is 1. The molecule has 0 unspecified atom stereocenters. The van der Waals surface area contributed by atoms with Crippen LogP contribution in [0.25, 0.3) is 10.8 Å². The topological polar surface area (TPSA) is 73.9 Å². The van der Waals surface area contributed by atoms with Gasteiger partial charge in [-0.1, -0.05) is 25.0 Å². The van der Waals surface area contributed by atoms with Gasteiger partial charge in [0, 0.05) is 29.2 Å². The Morgan fingerprint density at radius 1 is 0.960 bits per heavy atom. The van der Waals surface area contributed by atoms with Crippen LogP contribution in [-0.4, -0.2) is 18.1 Å². The number of nitrogens with one attached hydrogen (secondary N) is 2. The van der Waals surface area contributed by atoms with Gasteiger partial charge in [0.15, 0.2) is 0 Å². The molecule has 25 heavy (non-hydrogen) atoms. The van der Waals surface area contributed by atoms with Crippen LogP contribution in [0.2, 0.25) is 0 Å². The molecule has 0 heterocycles. The number of nitrogens with two attached hydrogens (primary N) is 1. The molecule has 2 aliphatic carbocycles. The molecule has 2 fully saturated rings. The Morgan fingerprint density at radius 3 is 2.48 bits per heavy atom. The number of benzene rings is 2. The van der Waals surface area contributed by atoms with Gasteiger partial charge in [-0.3, -0.25) is 0 Å². The monoisotopic (exact) mass is 334 g/mol. The quantitative estimate of drug-likeness (QED) is 0.777. The predicted molar refractivity (Wildman–Crippen MR) is 104 cm³/mol. The first-order valence-corrected chi connectivity index (χ1v) is 9.48. The summed E-state index contributed by atoms with van der Waals surface area (Å²) in [7, 11) is 0. The summed E-state index contributed by atoms with van der Waals surface area (Å²) in [6.07, 6.45) is 8.20. The van der Waals surface area contributed by atoms with Crippen LogP contribution in [0.1, 0.15) is 50.5 Å². The molecule has 130 valence electrons. The van der Waals surface area contributed by atoms with E-state index in [1.54, 1.807) is 0 Å². The number of anilines is 2. The number of fused-ring (bicyclic) bond motifs is 1. The van der Waals surface area contributed by atoms with Gasteiger partial charge in [0.1, 0.15) is 6.07 Å². The van der Waals surface area contributed by atoms with E-state index in [0.717, 1.165) is 41.6 Å². The Bertz CT molecular complexity index is 801. The maximum absolute atomic E-state index is 9.56. The predicted octanol–water partition coefficient (Wildman–Crippen LogP) is 4.36. The van der Waals surface area contributed by atoms with E-state index in [2.05, 4.69) is 34.9 Å². The highest BCUT2D eigenvalue weighted by atomic mass is 14.9. The van der Waals surface area contributed by atoms with E-state index in [0.29, 0.717) is 18.1 Å². The lowest BCUT2D eigenvalue weighted by atomic mass is 10.0. The van der Waals surface area contributed by atoms with E-state index in [-0.39, 0.29) is 0 Å². The van der Waals surface area contributed by atoms with Crippen LogP contribution in [0, 0.1) is 11.3 Å². The van der Waals surface area contributed by atoms with Crippen molar-refractivity contribution >= 4 is 22.1 Å². The van der Waals surface area contributed by atoms with E-state index < -0.39 is 0 Å². The fourth-order valence-electron chi connectivity index (χ4n) is 4.32. The molecule has 4 nitrogen and oxygen atoms in total. The standard InChI is InChI=1S/C21H26N4/c22-13-15-6-5-14-7-9-19(24-18-10-8-16(23)11-18)12-20(14)21(15)25-17-3-1-2-4-17/h5-7,9,12,16-18,24-25H,1-4,8,10-11,23H2/t16-,18-/m0/s1. The zero-order valence-electron chi connectivity index (χ0n) is 14.6. The van der Waals surface area contributed by atoms with Crippen molar-refractivity contribution in [3.8, 4) is 6.07 Å². The molecule has 0 aromatic heterocycles. The van der Waals surface area contributed by atoms with E-state index in [1.165, 1.54) is 31.1 Å². The summed E-state index contributed by atoms with van der Waals surface area (Å²) >= 11 is 0. The van der Waals surface area contributed by atoms with Crippen LogP contribution >= 0.6 is 0 Å². The van der Waals surface area contributed by atoms with Gasteiger partial charge >= 0.3 is 0 Å². The highest BCUT2D eigenvalue weighted by Gasteiger charge is 2.22. The smallest absolute Gasteiger partial charge is 0.101 e. The molecule has 2 atom stereocenters. The van der Waals surface area contributed by atoms with Crippen LogP contribution in [0.15, 0.2) is 30.3 Å². The highest BCUT2D eigenvalue weighted by Crippen LogP contribution is 2.33. The number of hydrogen-bond acceptors (Lipinski definition) is 4. The molecule has 0 amide bonds. The first-order valence-electron chi connectivity index (χ1n) is 9.48. The summed E-state index contributed by atoms with van der Waals surface area (Å²) in [5.74, 6) is 0. The molecule has 2 aromatic rings. The van der Waals surface area contributed by atoms with Gasteiger partial charge in [0.05, 0.1) is 11.3 Å². The average Bonchev–Trinajstić information content (AvgIpc) is 3.27.